The molecular formula is C17H28ClN3. The molecule has 0 unspecified atom stereocenters. The number of nitrogens with zero attached hydrogens (tertiary/aromatic N) is 2. The van der Waals surface area contributed by atoms with Gasteiger partial charge in [0.15, 0.2) is 0 Å². The third-order valence-corrected chi connectivity index (χ3v) is 4.85. The normalized spacial score (nSPS) is 17.1. The summed E-state index contributed by atoms with van der Waals surface area (Å²) in [5.41, 5.74) is 2.50. The number of rotatable bonds is 6. The standard InChI is InChI=1S/C17H28ClN3/c1-4-19-13-14-7-6-8-16(18)17(14)20(3)15-9-11-21(5-2)12-10-15/h6-8,15,19H,4-5,9-13H2,1-3H3. The van der Waals surface area contributed by atoms with Crippen molar-refractivity contribution in [3.63, 3.8) is 0 Å². The molecule has 1 N–H and O–H groups in total. The Kier molecular flexibility index (Phi) is 6.34. The first-order valence-electron chi connectivity index (χ1n) is 8.10. The minimum atomic E-state index is 0.591. The van der Waals surface area contributed by atoms with E-state index in [1.165, 1.54) is 37.2 Å². The van der Waals surface area contributed by atoms with Gasteiger partial charge < -0.3 is 15.1 Å². The highest BCUT2D eigenvalue weighted by atomic mass is 35.5. The Bertz CT molecular complexity index is 442. The molecule has 1 heterocycles. The van der Waals surface area contributed by atoms with Gasteiger partial charge in [0.1, 0.15) is 0 Å². The highest BCUT2D eigenvalue weighted by Gasteiger charge is 2.24. The summed E-state index contributed by atoms with van der Waals surface area (Å²) >= 11 is 6.50. The van der Waals surface area contributed by atoms with Crippen LogP contribution in [0.25, 0.3) is 0 Å². The number of para-hydroxylation sites is 1. The number of piperidine rings is 1. The maximum atomic E-state index is 6.50. The Balaban J connectivity index is 2.12. The van der Waals surface area contributed by atoms with Gasteiger partial charge in [0, 0.05) is 32.7 Å². The third-order valence-electron chi connectivity index (χ3n) is 4.54. The summed E-state index contributed by atoms with van der Waals surface area (Å²) in [6.45, 7) is 9.78. The number of hydrogen-bond donors (Lipinski definition) is 1. The summed E-state index contributed by atoms with van der Waals surface area (Å²) in [5, 5.41) is 4.28. The van der Waals surface area contributed by atoms with E-state index in [1.807, 2.05) is 12.1 Å². The molecule has 0 spiro atoms. The van der Waals surface area contributed by atoms with E-state index in [4.69, 9.17) is 11.6 Å². The summed E-state index contributed by atoms with van der Waals surface area (Å²) in [4.78, 5) is 4.93. The molecule has 0 aromatic heterocycles. The maximum Gasteiger partial charge on any atom is 0.0642 e. The number of hydrogen-bond acceptors (Lipinski definition) is 3. The first kappa shape index (κ1) is 16.6. The number of anilines is 1. The van der Waals surface area contributed by atoms with E-state index in [0.717, 1.165) is 24.7 Å². The largest absolute Gasteiger partial charge is 0.370 e. The van der Waals surface area contributed by atoms with Crippen LogP contribution in [0, 0.1) is 0 Å². The van der Waals surface area contributed by atoms with Crippen LogP contribution >= 0.6 is 11.6 Å². The van der Waals surface area contributed by atoms with Crippen molar-refractivity contribution in [2.24, 2.45) is 0 Å². The average Bonchev–Trinajstić information content (AvgIpc) is 2.52. The number of likely N-dealkylation sites (tertiary alicyclic amines) is 1. The molecule has 1 aromatic carbocycles. The molecule has 1 aromatic rings. The van der Waals surface area contributed by atoms with Gasteiger partial charge in [-0.3, -0.25) is 0 Å². The monoisotopic (exact) mass is 309 g/mol. The Morgan fingerprint density at radius 1 is 1.29 bits per heavy atom. The van der Waals surface area contributed by atoms with Gasteiger partial charge in [-0.15, -0.1) is 0 Å². The Hall–Kier alpha value is -0.770. The summed E-state index contributed by atoms with van der Waals surface area (Å²) in [6, 6.07) is 6.82. The Morgan fingerprint density at radius 2 is 2.00 bits per heavy atom. The van der Waals surface area contributed by atoms with Crippen LogP contribution in [-0.2, 0) is 6.54 Å². The molecule has 0 atom stereocenters. The molecule has 0 amide bonds. The SMILES string of the molecule is CCNCc1cccc(Cl)c1N(C)C1CCN(CC)CC1. The third kappa shape index (κ3) is 4.12. The predicted molar refractivity (Wildman–Crippen MR) is 92.4 cm³/mol. The highest BCUT2D eigenvalue weighted by Crippen LogP contribution is 2.32. The smallest absolute Gasteiger partial charge is 0.0642 e. The molecule has 21 heavy (non-hydrogen) atoms. The molecule has 2 rings (SSSR count). The van der Waals surface area contributed by atoms with E-state index in [2.05, 4.69) is 42.1 Å². The van der Waals surface area contributed by atoms with Gasteiger partial charge in [-0.25, -0.2) is 0 Å². The predicted octanol–water partition coefficient (Wildman–Crippen LogP) is 3.37. The van der Waals surface area contributed by atoms with Gasteiger partial charge in [0.2, 0.25) is 0 Å². The maximum absolute atomic E-state index is 6.50. The molecule has 1 fully saturated rings. The van der Waals surface area contributed by atoms with Crippen LogP contribution in [0.1, 0.15) is 32.3 Å². The molecule has 0 radical (unpaired) electrons. The Labute approximate surface area is 134 Å². The lowest BCUT2D eigenvalue weighted by atomic mass is 10.0. The second kappa shape index (κ2) is 8.02. The van der Waals surface area contributed by atoms with Crippen LogP contribution in [0.2, 0.25) is 5.02 Å². The van der Waals surface area contributed by atoms with E-state index >= 15 is 0 Å². The van der Waals surface area contributed by atoms with Crippen molar-refractivity contribution in [1.29, 1.82) is 0 Å². The van der Waals surface area contributed by atoms with Gasteiger partial charge in [0.05, 0.1) is 10.7 Å². The zero-order chi connectivity index (χ0) is 15.2. The summed E-state index contributed by atoms with van der Waals surface area (Å²) in [7, 11) is 2.20. The molecule has 0 aliphatic carbocycles. The first-order chi connectivity index (χ1) is 10.2. The molecule has 1 saturated heterocycles. The van der Waals surface area contributed by atoms with Gasteiger partial charge in [-0.05, 0) is 37.6 Å². The summed E-state index contributed by atoms with van der Waals surface area (Å²) < 4.78 is 0. The van der Waals surface area contributed by atoms with E-state index < -0.39 is 0 Å². The quantitative estimate of drug-likeness (QED) is 0.869. The van der Waals surface area contributed by atoms with E-state index in [-0.39, 0.29) is 0 Å². The van der Waals surface area contributed by atoms with Crippen molar-refractivity contribution >= 4 is 17.3 Å². The van der Waals surface area contributed by atoms with Crippen molar-refractivity contribution in [2.75, 3.05) is 38.1 Å². The van der Waals surface area contributed by atoms with Crippen LogP contribution in [0.3, 0.4) is 0 Å². The molecule has 118 valence electrons. The van der Waals surface area contributed by atoms with Crippen LogP contribution < -0.4 is 10.2 Å². The Morgan fingerprint density at radius 3 is 2.62 bits per heavy atom. The van der Waals surface area contributed by atoms with Crippen LogP contribution in [0.15, 0.2) is 18.2 Å². The van der Waals surface area contributed by atoms with E-state index in [1.54, 1.807) is 0 Å². The van der Waals surface area contributed by atoms with E-state index in [0.29, 0.717) is 6.04 Å². The van der Waals surface area contributed by atoms with Crippen LogP contribution in [-0.4, -0.2) is 44.2 Å². The minimum Gasteiger partial charge on any atom is -0.370 e. The van der Waals surface area contributed by atoms with Crippen molar-refractivity contribution in [3.8, 4) is 0 Å². The second-order valence-electron chi connectivity index (χ2n) is 5.80. The van der Waals surface area contributed by atoms with E-state index in [9.17, 15) is 0 Å². The fraction of sp³-hybridized carbons (Fsp3) is 0.647. The zero-order valence-corrected chi connectivity index (χ0v) is 14.3. The first-order valence-corrected chi connectivity index (χ1v) is 8.48. The molecule has 1 aliphatic heterocycles. The van der Waals surface area contributed by atoms with Crippen LogP contribution in [0.5, 0.6) is 0 Å². The van der Waals surface area contributed by atoms with Crippen molar-refractivity contribution in [3.05, 3.63) is 28.8 Å². The fourth-order valence-electron chi connectivity index (χ4n) is 3.16. The highest BCUT2D eigenvalue weighted by molar-refractivity contribution is 6.33. The van der Waals surface area contributed by atoms with Crippen molar-refractivity contribution in [2.45, 2.75) is 39.3 Å². The molecule has 0 bridgehead atoms. The van der Waals surface area contributed by atoms with Crippen molar-refractivity contribution in [1.82, 2.24) is 10.2 Å². The molecule has 4 heteroatoms. The average molecular weight is 310 g/mol. The molecule has 1 aliphatic rings. The van der Waals surface area contributed by atoms with Gasteiger partial charge in [0.25, 0.3) is 0 Å². The van der Waals surface area contributed by atoms with Gasteiger partial charge >= 0.3 is 0 Å². The number of nitrogens with one attached hydrogen (secondary N) is 1. The molecule has 0 saturated carbocycles. The topological polar surface area (TPSA) is 18.5 Å². The summed E-state index contributed by atoms with van der Waals surface area (Å²) in [5.74, 6) is 0. The number of benzene rings is 1. The van der Waals surface area contributed by atoms with Gasteiger partial charge in [-0.1, -0.05) is 37.6 Å². The fourth-order valence-corrected chi connectivity index (χ4v) is 3.49. The van der Waals surface area contributed by atoms with Crippen molar-refractivity contribution < 1.29 is 0 Å². The zero-order valence-electron chi connectivity index (χ0n) is 13.5. The van der Waals surface area contributed by atoms with Crippen LogP contribution in [0.4, 0.5) is 5.69 Å². The molecule has 3 nitrogen and oxygen atoms in total. The van der Waals surface area contributed by atoms with Gasteiger partial charge in [-0.2, -0.15) is 0 Å². The lowest BCUT2D eigenvalue weighted by Gasteiger charge is -2.38. The minimum absolute atomic E-state index is 0.591. The lowest BCUT2D eigenvalue weighted by Crippen LogP contribution is -2.43. The lowest BCUT2D eigenvalue weighted by molar-refractivity contribution is 0.221. The molecular weight excluding hydrogens is 282 g/mol. The summed E-state index contributed by atoms with van der Waals surface area (Å²) in [6.07, 6.45) is 2.44. The number of halogens is 1. The second-order valence-corrected chi connectivity index (χ2v) is 6.21.